The van der Waals surface area contributed by atoms with E-state index in [-0.39, 0.29) is 6.04 Å². The van der Waals surface area contributed by atoms with Gasteiger partial charge in [-0.3, -0.25) is 0 Å². The Morgan fingerprint density at radius 3 is 2.24 bits per heavy atom. The van der Waals surface area contributed by atoms with Crippen LogP contribution in [0, 0.1) is 5.92 Å². The molecule has 0 spiro atoms. The second-order valence-corrected chi connectivity index (χ2v) is 5.87. The predicted molar refractivity (Wildman–Crippen MR) is 88.7 cm³/mol. The molecule has 0 aliphatic carbocycles. The van der Waals surface area contributed by atoms with Crippen LogP contribution in [0.25, 0.3) is 0 Å². The quantitative estimate of drug-likeness (QED) is 0.633. The van der Waals surface area contributed by atoms with E-state index in [1.54, 1.807) is 0 Å². The van der Waals surface area contributed by atoms with Gasteiger partial charge < -0.3 is 14.8 Å². The molecular formula is C18H31NO2. The second kappa shape index (κ2) is 10.8. The van der Waals surface area contributed by atoms with Crippen LogP contribution in [-0.4, -0.2) is 33.5 Å². The highest BCUT2D eigenvalue weighted by molar-refractivity contribution is 5.25. The Balaban J connectivity index is 2.37. The molecule has 21 heavy (non-hydrogen) atoms. The number of benzene rings is 1. The van der Waals surface area contributed by atoms with Crippen LogP contribution >= 0.6 is 0 Å². The lowest BCUT2D eigenvalue weighted by Gasteiger charge is -2.17. The van der Waals surface area contributed by atoms with E-state index in [0.29, 0.717) is 25.7 Å². The third-order valence-electron chi connectivity index (χ3n) is 3.38. The molecule has 0 aromatic heterocycles. The number of nitrogens with one attached hydrogen (secondary N) is 1. The Labute approximate surface area is 130 Å². The van der Waals surface area contributed by atoms with Crippen molar-refractivity contribution in [3.63, 3.8) is 0 Å². The molecule has 0 saturated carbocycles. The van der Waals surface area contributed by atoms with E-state index in [2.05, 4.69) is 50.4 Å². The van der Waals surface area contributed by atoms with Gasteiger partial charge in [-0.1, -0.05) is 45.0 Å². The average molecular weight is 293 g/mol. The van der Waals surface area contributed by atoms with Crippen molar-refractivity contribution < 1.29 is 9.47 Å². The molecule has 1 aromatic rings. The molecule has 1 aromatic carbocycles. The van der Waals surface area contributed by atoms with Gasteiger partial charge in [-0.2, -0.15) is 0 Å². The molecule has 0 heterocycles. The Morgan fingerprint density at radius 1 is 1.00 bits per heavy atom. The molecule has 3 heteroatoms. The van der Waals surface area contributed by atoms with Gasteiger partial charge in [0.05, 0.1) is 25.9 Å². The summed E-state index contributed by atoms with van der Waals surface area (Å²) in [5.41, 5.74) is 2.68. The van der Waals surface area contributed by atoms with E-state index in [4.69, 9.17) is 9.47 Å². The minimum Gasteiger partial charge on any atom is -0.379 e. The first-order valence-corrected chi connectivity index (χ1v) is 8.09. The van der Waals surface area contributed by atoms with Crippen LogP contribution in [0.15, 0.2) is 24.3 Å². The molecule has 0 saturated heterocycles. The molecule has 1 unspecified atom stereocenters. The molecule has 1 atom stereocenters. The molecule has 0 amide bonds. The smallest absolute Gasteiger partial charge is 0.0701 e. The molecule has 120 valence electrons. The molecule has 0 aliphatic rings. The zero-order chi connectivity index (χ0) is 15.5. The van der Waals surface area contributed by atoms with E-state index in [9.17, 15) is 0 Å². The van der Waals surface area contributed by atoms with Crippen LogP contribution in [0.2, 0.25) is 0 Å². The van der Waals surface area contributed by atoms with Crippen molar-refractivity contribution in [2.24, 2.45) is 5.92 Å². The molecule has 1 N–H and O–H groups in total. The van der Waals surface area contributed by atoms with Crippen LogP contribution in [0.3, 0.4) is 0 Å². The summed E-state index contributed by atoms with van der Waals surface area (Å²) in [6, 6.07) is 9.10. The third kappa shape index (κ3) is 7.60. The van der Waals surface area contributed by atoms with E-state index in [0.717, 1.165) is 19.4 Å². The Hall–Kier alpha value is -0.900. The highest BCUT2D eigenvalue weighted by Crippen LogP contribution is 2.16. The van der Waals surface area contributed by atoms with Crippen LogP contribution < -0.4 is 5.32 Å². The zero-order valence-corrected chi connectivity index (χ0v) is 14.0. The Morgan fingerprint density at radius 2 is 1.67 bits per heavy atom. The largest absolute Gasteiger partial charge is 0.379 e. The van der Waals surface area contributed by atoms with Crippen LogP contribution in [0.4, 0.5) is 0 Å². The number of likely N-dealkylation sites (N-methyl/N-ethyl adjacent to an activating group) is 1. The SMILES string of the molecule is CCCOCCOCC(NC)c1ccc(CC(C)C)cc1. The summed E-state index contributed by atoms with van der Waals surface area (Å²) in [7, 11) is 1.98. The zero-order valence-electron chi connectivity index (χ0n) is 14.0. The maximum Gasteiger partial charge on any atom is 0.0701 e. The summed E-state index contributed by atoms with van der Waals surface area (Å²) in [4.78, 5) is 0. The second-order valence-electron chi connectivity index (χ2n) is 5.87. The molecular weight excluding hydrogens is 262 g/mol. The van der Waals surface area contributed by atoms with Crippen molar-refractivity contribution >= 4 is 0 Å². The molecule has 3 nitrogen and oxygen atoms in total. The number of ether oxygens (including phenoxy) is 2. The van der Waals surface area contributed by atoms with E-state index in [1.807, 2.05) is 7.05 Å². The maximum absolute atomic E-state index is 5.69. The van der Waals surface area contributed by atoms with E-state index < -0.39 is 0 Å². The standard InChI is InChI=1S/C18H31NO2/c1-5-10-20-11-12-21-14-18(19-4)17-8-6-16(7-9-17)13-15(2)3/h6-9,15,18-19H,5,10-14H2,1-4H3. The minimum atomic E-state index is 0.240. The van der Waals surface area contributed by atoms with Crippen molar-refractivity contribution in [1.82, 2.24) is 5.32 Å². The van der Waals surface area contributed by atoms with Crippen LogP contribution in [0.1, 0.15) is 44.4 Å². The molecule has 0 radical (unpaired) electrons. The number of rotatable bonds is 11. The Kier molecular flexibility index (Phi) is 9.31. The normalized spacial score (nSPS) is 12.8. The molecule has 0 bridgehead atoms. The van der Waals surface area contributed by atoms with Gasteiger partial charge in [0.2, 0.25) is 0 Å². The first-order chi connectivity index (χ1) is 10.2. The summed E-state index contributed by atoms with van der Waals surface area (Å²) in [5, 5.41) is 3.31. The van der Waals surface area contributed by atoms with Gasteiger partial charge in [-0.15, -0.1) is 0 Å². The molecule has 1 rings (SSSR count). The summed E-state index contributed by atoms with van der Waals surface area (Å²) in [5.74, 6) is 0.697. The predicted octanol–water partition coefficient (Wildman–Crippen LogP) is 3.59. The van der Waals surface area contributed by atoms with Crippen molar-refractivity contribution in [3.8, 4) is 0 Å². The minimum absolute atomic E-state index is 0.240. The number of hydrogen-bond donors (Lipinski definition) is 1. The van der Waals surface area contributed by atoms with Crippen molar-refractivity contribution in [2.45, 2.75) is 39.7 Å². The topological polar surface area (TPSA) is 30.5 Å². The van der Waals surface area contributed by atoms with Gasteiger partial charge in [0.1, 0.15) is 0 Å². The van der Waals surface area contributed by atoms with E-state index >= 15 is 0 Å². The Bertz CT molecular complexity index is 362. The van der Waals surface area contributed by atoms with Crippen molar-refractivity contribution in [1.29, 1.82) is 0 Å². The van der Waals surface area contributed by atoms with Crippen LogP contribution in [-0.2, 0) is 15.9 Å². The van der Waals surface area contributed by atoms with Crippen LogP contribution in [0.5, 0.6) is 0 Å². The summed E-state index contributed by atoms with van der Waals surface area (Å²) in [6.45, 7) is 9.44. The average Bonchev–Trinajstić information content (AvgIpc) is 2.47. The summed E-state index contributed by atoms with van der Waals surface area (Å²) >= 11 is 0. The van der Waals surface area contributed by atoms with E-state index in [1.165, 1.54) is 11.1 Å². The number of hydrogen-bond acceptors (Lipinski definition) is 3. The van der Waals surface area contributed by atoms with Crippen molar-refractivity contribution in [3.05, 3.63) is 35.4 Å². The first kappa shape index (κ1) is 18.1. The fraction of sp³-hybridized carbons (Fsp3) is 0.667. The lowest BCUT2D eigenvalue weighted by Crippen LogP contribution is -2.22. The highest BCUT2D eigenvalue weighted by Gasteiger charge is 2.09. The van der Waals surface area contributed by atoms with Gasteiger partial charge in [-0.05, 0) is 36.9 Å². The van der Waals surface area contributed by atoms with Gasteiger partial charge in [0.25, 0.3) is 0 Å². The monoisotopic (exact) mass is 293 g/mol. The highest BCUT2D eigenvalue weighted by atomic mass is 16.5. The molecule has 0 aliphatic heterocycles. The van der Waals surface area contributed by atoms with Gasteiger partial charge in [0.15, 0.2) is 0 Å². The van der Waals surface area contributed by atoms with Gasteiger partial charge in [-0.25, -0.2) is 0 Å². The lowest BCUT2D eigenvalue weighted by atomic mass is 10.00. The molecule has 0 fully saturated rings. The first-order valence-electron chi connectivity index (χ1n) is 8.09. The third-order valence-corrected chi connectivity index (χ3v) is 3.38. The van der Waals surface area contributed by atoms with Gasteiger partial charge in [0, 0.05) is 6.61 Å². The van der Waals surface area contributed by atoms with Gasteiger partial charge >= 0.3 is 0 Å². The fourth-order valence-corrected chi connectivity index (χ4v) is 2.27. The lowest BCUT2D eigenvalue weighted by molar-refractivity contribution is 0.0399. The fourth-order valence-electron chi connectivity index (χ4n) is 2.27. The maximum atomic E-state index is 5.69. The van der Waals surface area contributed by atoms with Crippen molar-refractivity contribution in [2.75, 3.05) is 33.5 Å². The summed E-state index contributed by atoms with van der Waals surface area (Å²) in [6.07, 6.45) is 2.19. The summed E-state index contributed by atoms with van der Waals surface area (Å²) < 4.78 is 11.1.